The van der Waals surface area contributed by atoms with Crippen LogP contribution in [0.4, 0.5) is 4.39 Å². The second-order valence-corrected chi connectivity index (χ2v) is 1.78. The Balaban J connectivity index is 3.00. The number of hydrogen-bond acceptors (Lipinski definition) is 2. The third-order valence-corrected chi connectivity index (χ3v) is 1.00. The summed E-state index contributed by atoms with van der Waals surface area (Å²) >= 11 is 0. The Bertz CT molecular complexity index is 242. The zero-order chi connectivity index (χ0) is 7.56. The highest BCUT2D eigenvalue weighted by Crippen LogP contribution is 1.95. The van der Waals surface area contributed by atoms with Gasteiger partial charge in [0.25, 0.3) is 0 Å². The maximum absolute atomic E-state index is 12.2. The quantitative estimate of drug-likeness (QED) is 0.439. The zero-order valence-corrected chi connectivity index (χ0v) is 5.13. The van der Waals surface area contributed by atoms with E-state index in [-0.39, 0.29) is 5.84 Å². The first-order valence-corrected chi connectivity index (χ1v) is 2.66. The monoisotopic (exact) mass is 139 g/mol. The fourth-order valence-electron chi connectivity index (χ4n) is 0.535. The van der Waals surface area contributed by atoms with Crippen LogP contribution in [0.1, 0.15) is 5.69 Å². The second-order valence-electron chi connectivity index (χ2n) is 1.78. The minimum absolute atomic E-state index is 0.153. The van der Waals surface area contributed by atoms with Gasteiger partial charge in [0.15, 0.2) is 0 Å². The lowest BCUT2D eigenvalue weighted by molar-refractivity contribution is 0.621. The van der Waals surface area contributed by atoms with E-state index in [1.807, 2.05) is 0 Å². The van der Waals surface area contributed by atoms with Gasteiger partial charge in [-0.2, -0.15) is 0 Å². The van der Waals surface area contributed by atoms with Crippen LogP contribution in [0.25, 0.3) is 0 Å². The molecule has 0 bridgehead atoms. The second kappa shape index (κ2) is 2.43. The number of nitrogens with one attached hydrogen (secondary N) is 1. The van der Waals surface area contributed by atoms with Crippen LogP contribution in [-0.2, 0) is 0 Å². The average molecular weight is 139 g/mol. The fraction of sp³-hybridized carbons (Fsp3) is 0. The molecule has 0 aliphatic heterocycles. The molecular formula is C6H6FN3. The largest absolute Gasteiger partial charge is 0.382 e. The van der Waals surface area contributed by atoms with E-state index in [9.17, 15) is 4.39 Å². The Hall–Kier alpha value is -1.45. The molecule has 0 saturated heterocycles. The molecule has 4 heteroatoms. The molecule has 0 unspecified atom stereocenters. The number of pyridine rings is 1. The molecular weight excluding hydrogens is 133 g/mol. The van der Waals surface area contributed by atoms with Gasteiger partial charge in [-0.05, 0) is 12.1 Å². The highest BCUT2D eigenvalue weighted by molar-refractivity contribution is 5.92. The van der Waals surface area contributed by atoms with Crippen molar-refractivity contribution in [1.29, 1.82) is 5.41 Å². The van der Waals surface area contributed by atoms with Gasteiger partial charge in [0.05, 0.1) is 6.20 Å². The van der Waals surface area contributed by atoms with Crippen molar-refractivity contribution in [2.24, 2.45) is 5.73 Å². The summed E-state index contributed by atoms with van der Waals surface area (Å²) in [4.78, 5) is 3.55. The molecule has 0 aromatic carbocycles. The Kier molecular flexibility index (Phi) is 1.62. The van der Waals surface area contributed by atoms with Crippen molar-refractivity contribution in [3.8, 4) is 0 Å². The van der Waals surface area contributed by atoms with E-state index in [4.69, 9.17) is 11.1 Å². The Labute approximate surface area is 57.2 Å². The smallest absolute Gasteiger partial charge is 0.141 e. The number of nitrogens with zero attached hydrogens (tertiary/aromatic N) is 1. The number of nitrogens with two attached hydrogens (primary N) is 1. The summed E-state index contributed by atoms with van der Waals surface area (Å²) in [6.07, 6.45) is 1.02. The molecule has 0 spiro atoms. The SMILES string of the molecule is N=C(N)c1ccc(F)cn1. The van der Waals surface area contributed by atoms with Crippen LogP contribution in [0, 0.1) is 11.2 Å². The summed E-state index contributed by atoms with van der Waals surface area (Å²) in [6, 6.07) is 2.57. The molecule has 1 heterocycles. The third-order valence-electron chi connectivity index (χ3n) is 1.00. The predicted octanol–water partition coefficient (Wildman–Crippen LogP) is 0.505. The van der Waals surface area contributed by atoms with Gasteiger partial charge in [-0.25, -0.2) is 9.37 Å². The van der Waals surface area contributed by atoms with Gasteiger partial charge in [0, 0.05) is 0 Å². The normalized spacial score (nSPS) is 9.30. The Morgan fingerprint density at radius 2 is 2.30 bits per heavy atom. The molecule has 0 fully saturated rings. The van der Waals surface area contributed by atoms with E-state index in [0.717, 1.165) is 6.20 Å². The zero-order valence-electron chi connectivity index (χ0n) is 5.13. The van der Waals surface area contributed by atoms with E-state index < -0.39 is 5.82 Å². The van der Waals surface area contributed by atoms with Gasteiger partial charge in [0.2, 0.25) is 0 Å². The molecule has 1 aromatic heterocycles. The van der Waals surface area contributed by atoms with E-state index in [1.165, 1.54) is 12.1 Å². The van der Waals surface area contributed by atoms with Crippen LogP contribution in [0.3, 0.4) is 0 Å². The third kappa shape index (κ3) is 1.28. The number of halogens is 1. The van der Waals surface area contributed by atoms with Crippen LogP contribution >= 0.6 is 0 Å². The van der Waals surface area contributed by atoms with Crippen LogP contribution < -0.4 is 5.73 Å². The lowest BCUT2D eigenvalue weighted by atomic mass is 10.3. The highest BCUT2D eigenvalue weighted by Gasteiger charge is 1.95. The van der Waals surface area contributed by atoms with E-state index >= 15 is 0 Å². The van der Waals surface area contributed by atoms with Crippen molar-refractivity contribution in [2.45, 2.75) is 0 Å². The predicted molar refractivity (Wildman–Crippen MR) is 35.2 cm³/mol. The van der Waals surface area contributed by atoms with Crippen molar-refractivity contribution >= 4 is 5.84 Å². The summed E-state index contributed by atoms with van der Waals surface area (Å²) in [7, 11) is 0. The van der Waals surface area contributed by atoms with Gasteiger partial charge in [-0.3, -0.25) is 5.41 Å². The average Bonchev–Trinajstić information content (AvgIpc) is 1.88. The summed E-state index contributed by atoms with van der Waals surface area (Å²) in [5.74, 6) is -0.579. The summed E-state index contributed by atoms with van der Waals surface area (Å²) < 4.78 is 12.2. The lowest BCUT2D eigenvalue weighted by Crippen LogP contribution is -2.12. The van der Waals surface area contributed by atoms with Crippen molar-refractivity contribution < 1.29 is 4.39 Å². The lowest BCUT2D eigenvalue weighted by Gasteiger charge is -1.93. The van der Waals surface area contributed by atoms with Crippen LogP contribution in [0.5, 0.6) is 0 Å². The summed E-state index contributed by atoms with van der Waals surface area (Å²) in [6.45, 7) is 0. The molecule has 3 nitrogen and oxygen atoms in total. The molecule has 10 heavy (non-hydrogen) atoms. The van der Waals surface area contributed by atoms with E-state index in [1.54, 1.807) is 0 Å². The summed E-state index contributed by atoms with van der Waals surface area (Å²) in [5.41, 5.74) is 5.36. The van der Waals surface area contributed by atoms with Crippen molar-refractivity contribution in [3.05, 3.63) is 29.8 Å². The minimum Gasteiger partial charge on any atom is -0.382 e. The molecule has 1 rings (SSSR count). The van der Waals surface area contributed by atoms with E-state index in [0.29, 0.717) is 5.69 Å². The first kappa shape index (κ1) is 6.67. The first-order chi connectivity index (χ1) is 4.70. The van der Waals surface area contributed by atoms with Gasteiger partial charge in [0.1, 0.15) is 17.3 Å². The van der Waals surface area contributed by atoms with Crippen molar-refractivity contribution in [3.63, 3.8) is 0 Å². The molecule has 0 saturated carbocycles. The van der Waals surface area contributed by atoms with Crippen molar-refractivity contribution in [2.75, 3.05) is 0 Å². The minimum atomic E-state index is -0.426. The van der Waals surface area contributed by atoms with Crippen LogP contribution in [-0.4, -0.2) is 10.8 Å². The number of aromatic nitrogens is 1. The molecule has 0 radical (unpaired) electrons. The van der Waals surface area contributed by atoms with Gasteiger partial charge in [-0.15, -0.1) is 0 Å². The van der Waals surface area contributed by atoms with Crippen LogP contribution in [0.15, 0.2) is 18.3 Å². The number of rotatable bonds is 1. The number of hydrogen-bond donors (Lipinski definition) is 2. The topological polar surface area (TPSA) is 62.8 Å². The number of nitrogen functional groups attached to an aromatic ring is 1. The molecule has 1 aromatic rings. The van der Waals surface area contributed by atoms with E-state index in [2.05, 4.69) is 4.98 Å². The summed E-state index contributed by atoms with van der Waals surface area (Å²) in [5, 5.41) is 6.90. The Morgan fingerprint density at radius 3 is 2.70 bits per heavy atom. The standard InChI is InChI=1S/C6H6FN3/c7-4-1-2-5(6(8)9)10-3-4/h1-3H,(H3,8,9). The van der Waals surface area contributed by atoms with Gasteiger partial charge >= 0.3 is 0 Å². The molecule has 0 amide bonds. The fourth-order valence-corrected chi connectivity index (χ4v) is 0.535. The molecule has 0 aliphatic carbocycles. The van der Waals surface area contributed by atoms with Crippen LogP contribution in [0.2, 0.25) is 0 Å². The molecule has 0 atom stereocenters. The first-order valence-electron chi connectivity index (χ1n) is 2.66. The maximum atomic E-state index is 12.2. The number of amidine groups is 1. The molecule has 0 aliphatic rings. The van der Waals surface area contributed by atoms with Gasteiger partial charge < -0.3 is 5.73 Å². The molecule has 52 valence electrons. The molecule has 3 N–H and O–H groups in total. The van der Waals surface area contributed by atoms with Gasteiger partial charge in [-0.1, -0.05) is 0 Å². The Morgan fingerprint density at radius 1 is 1.60 bits per heavy atom. The van der Waals surface area contributed by atoms with Crippen molar-refractivity contribution in [1.82, 2.24) is 4.98 Å². The maximum Gasteiger partial charge on any atom is 0.141 e. The highest BCUT2D eigenvalue weighted by atomic mass is 19.1.